The molecule has 0 aromatic carbocycles. The molecule has 0 saturated carbocycles. The van der Waals surface area contributed by atoms with Gasteiger partial charge in [0, 0.05) is 26.7 Å². The number of halogens is 1. The summed E-state index contributed by atoms with van der Waals surface area (Å²) in [6, 6.07) is 1.86. The molecule has 0 spiro atoms. The molecule has 2 rings (SSSR count). The average molecular weight is 361 g/mol. The highest BCUT2D eigenvalue weighted by molar-refractivity contribution is 5.96. The van der Waals surface area contributed by atoms with Gasteiger partial charge in [0.05, 0.1) is 6.07 Å². The van der Waals surface area contributed by atoms with E-state index >= 15 is 0 Å². The van der Waals surface area contributed by atoms with Crippen LogP contribution in [0.15, 0.2) is 16.5 Å². The van der Waals surface area contributed by atoms with Crippen LogP contribution in [0.25, 0.3) is 0 Å². The van der Waals surface area contributed by atoms with Gasteiger partial charge in [0.1, 0.15) is 11.0 Å². The zero-order valence-corrected chi connectivity index (χ0v) is 14.4. The summed E-state index contributed by atoms with van der Waals surface area (Å²) in [5.41, 5.74) is 0. The molecule has 0 aliphatic carbocycles. The SMILES string of the molecule is CNCCN(C)C(=O)C1CCCN1C(=O)c1ccc([N+](=O)[O-])o1.Cl. The molecule has 2 heterocycles. The molecule has 0 bridgehead atoms. The summed E-state index contributed by atoms with van der Waals surface area (Å²) in [6.45, 7) is 1.64. The van der Waals surface area contributed by atoms with Crippen molar-refractivity contribution < 1.29 is 18.9 Å². The molecule has 1 unspecified atom stereocenters. The van der Waals surface area contributed by atoms with Gasteiger partial charge in [-0.1, -0.05) is 0 Å². The molecule has 134 valence electrons. The lowest BCUT2D eigenvalue weighted by Gasteiger charge is -2.27. The summed E-state index contributed by atoms with van der Waals surface area (Å²) in [5, 5.41) is 13.6. The van der Waals surface area contributed by atoms with Crippen molar-refractivity contribution in [2.75, 3.05) is 33.7 Å². The monoisotopic (exact) mass is 360 g/mol. The fourth-order valence-corrected chi connectivity index (χ4v) is 2.59. The Morgan fingerprint density at radius 1 is 1.50 bits per heavy atom. The lowest BCUT2D eigenvalue weighted by atomic mass is 10.2. The predicted molar refractivity (Wildman–Crippen MR) is 88.2 cm³/mol. The van der Waals surface area contributed by atoms with Crippen molar-refractivity contribution in [3.63, 3.8) is 0 Å². The minimum Gasteiger partial charge on any atom is -0.395 e. The normalized spacial score (nSPS) is 16.6. The van der Waals surface area contributed by atoms with Crippen LogP contribution >= 0.6 is 12.4 Å². The lowest BCUT2D eigenvalue weighted by molar-refractivity contribution is -0.402. The predicted octanol–water partition coefficient (Wildman–Crippen LogP) is 0.892. The van der Waals surface area contributed by atoms with Gasteiger partial charge < -0.3 is 19.5 Å². The highest BCUT2D eigenvalue weighted by Crippen LogP contribution is 2.24. The molecule has 1 aromatic rings. The number of amides is 2. The summed E-state index contributed by atoms with van der Waals surface area (Å²) in [7, 11) is 3.49. The number of carbonyl (C=O) groups excluding carboxylic acids is 2. The van der Waals surface area contributed by atoms with Gasteiger partial charge in [-0.2, -0.15) is 0 Å². The van der Waals surface area contributed by atoms with Crippen LogP contribution in [0.3, 0.4) is 0 Å². The molecule has 1 aromatic heterocycles. The van der Waals surface area contributed by atoms with E-state index in [0.717, 1.165) is 6.07 Å². The first-order valence-electron chi connectivity index (χ1n) is 7.40. The minimum atomic E-state index is -0.699. The van der Waals surface area contributed by atoms with Gasteiger partial charge in [0.15, 0.2) is 5.76 Å². The van der Waals surface area contributed by atoms with Crippen LogP contribution in [-0.4, -0.2) is 66.3 Å². The molecule has 9 nitrogen and oxygen atoms in total. The zero-order valence-electron chi connectivity index (χ0n) is 13.6. The number of likely N-dealkylation sites (N-methyl/N-ethyl adjacent to an activating group) is 2. The van der Waals surface area contributed by atoms with Crippen molar-refractivity contribution in [1.82, 2.24) is 15.1 Å². The number of carbonyl (C=O) groups is 2. The first kappa shape index (κ1) is 19.9. The van der Waals surface area contributed by atoms with E-state index in [0.29, 0.717) is 32.5 Å². The molecule has 1 fully saturated rings. The van der Waals surface area contributed by atoms with Crippen molar-refractivity contribution in [2.45, 2.75) is 18.9 Å². The van der Waals surface area contributed by atoms with E-state index in [2.05, 4.69) is 5.32 Å². The number of rotatable bonds is 6. The Labute approximate surface area is 145 Å². The van der Waals surface area contributed by atoms with E-state index < -0.39 is 22.8 Å². The van der Waals surface area contributed by atoms with Gasteiger partial charge in [-0.3, -0.25) is 19.7 Å². The number of likely N-dealkylation sites (tertiary alicyclic amines) is 1. The number of furan rings is 1. The second-order valence-corrected chi connectivity index (χ2v) is 5.41. The fourth-order valence-electron chi connectivity index (χ4n) is 2.59. The lowest BCUT2D eigenvalue weighted by Crippen LogP contribution is -2.47. The van der Waals surface area contributed by atoms with Crippen LogP contribution in [0.4, 0.5) is 5.88 Å². The van der Waals surface area contributed by atoms with Crippen LogP contribution in [0.5, 0.6) is 0 Å². The Hall–Kier alpha value is -2.13. The molecule has 1 aliphatic rings. The van der Waals surface area contributed by atoms with Crippen LogP contribution < -0.4 is 5.32 Å². The van der Waals surface area contributed by atoms with Gasteiger partial charge in [-0.25, -0.2) is 0 Å². The third-order valence-electron chi connectivity index (χ3n) is 3.85. The van der Waals surface area contributed by atoms with Gasteiger partial charge in [-0.15, -0.1) is 12.4 Å². The summed E-state index contributed by atoms with van der Waals surface area (Å²) in [4.78, 5) is 37.9. The van der Waals surface area contributed by atoms with Crippen molar-refractivity contribution in [3.8, 4) is 0 Å². The standard InChI is InChI=1S/C14H20N4O5.ClH/c1-15-7-9-16(2)13(19)10-4-3-8-17(10)14(20)11-5-6-12(23-11)18(21)22;/h5-6,10,15H,3-4,7-9H2,1-2H3;1H. The molecule has 24 heavy (non-hydrogen) atoms. The number of nitrogens with zero attached hydrogens (tertiary/aromatic N) is 3. The van der Waals surface area contributed by atoms with Gasteiger partial charge in [-0.05, 0) is 26.0 Å². The molecular weight excluding hydrogens is 340 g/mol. The number of hydrogen-bond donors (Lipinski definition) is 1. The number of nitrogens with one attached hydrogen (secondary N) is 1. The summed E-state index contributed by atoms with van der Waals surface area (Å²) >= 11 is 0. The Morgan fingerprint density at radius 3 is 2.79 bits per heavy atom. The molecule has 0 radical (unpaired) electrons. The molecule has 1 atom stereocenters. The summed E-state index contributed by atoms with van der Waals surface area (Å²) in [5.74, 6) is -1.22. The Bertz CT molecular complexity index is 606. The Morgan fingerprint density at radius 2 is 2.21 bits per heavy atom. The van der Waals surface area contributed by atoms with Gasteiger partial charge in [0.2, 0.25) is 5.91 Å². The van der Waals surface area contributed by atoms with Gasteiger partial charge >= 0.3 is 5.88 Å². The first-order chi connectivity index (χ1) is 11.0. The Balaban J connectivity index is 0.00000288. The second kappa shape index (κ2) is 8.65. The van der Waals surface area contributed by atoms with Crippen LogP contribution in [0.1, 0.15) is 23.4 Å². The van der Waals surface area contributed by atoms with Crippen molar-refractivity contribution in [2.24, 2.45) is 0 Å². The van der Waals surface area contributed by atoms with Gasteiger partial charge in [0.25, 0.3) is 5.91 Å². The average Bonchev–Trinajstić information content (AvgIpc) is 3.19. The third kappa shape index (κ3) is 4.24. The molecule has 1 aliphatic heterocycles. The van der Waals surface area contributed by atoms with Crippen LogP contribution in [0, 0.1) is 10.1 Å². The fraction of sp³-hybridized carbons (Fsp3) is 0.571. The molecule has 2 amide bonds. The molecule has 1 saturated heterocycles. The van der Waals surface area contributed by atoms with E-state index in [1.54, 1.807) is 19.0 Å². The number of nitro groups is 1. The minimum absolute atomic E-state index is 0. The molecular formula is C14H21ClN4O5. The van der Waals surface area contributed by atoms with Crippen LogP contribution in [-0.2, 0) is 4.79 Å². The van der Waals surface area contributed by atoms with E-state index in [-0.39, 0.29) is 24.1 Å². The van der Waals surface area contributed by atoms with E-state index in [4.69, 9.17) is 4.42 Å². The van der Waals surface area contributed by atoms with Crippen molar-refractivity contribution >= 4 is 30.1 Å². The third-order valence-corrected chi connectivity index (χ3v) is 3.85. The Kier molecular flexibility index (Phi) is 7.18. The van der Waals surface area contributed by atoms with E-state index in [1.165, 1.54) is 11.0 Å². The van der Waals surface area contributed by atoms with Crippen molar-refractivity contribution in [3.05, 3.63) is 28.0 Å². The first-order valence-corrected chi connectivity index (χ1v) is 7.40. The van der Waals surface area contributed by atoms with E-state index in [9.17, 15) is 19.7 Å². The largest absolute Gasteiger partial charge is 0.433 e. The van der Waals surface area contributed by atoms with E-state index in [1.807, 2.05) is 0 Å². The molecule has 1 N–H and O–H groups in total. The van der Waals surface area contributed by atoms with Crippen LogP contribution in [0.2, 0.25) is 0 Å². The zero-order chi connectivity index (χ0) is 17.0. The highest BCUT2D eigenvalue weighted by atomic mass is 35.5. The molecule has 10 heteroatoms. The highest BCUT2D eigenvalue weighted by Gasteiger charge is 2.37. The quantitative estimate of drug-likeness (QED) is 0.596. The summed E-state index contributed by atoms with van der Waals surface area (Å²) in [6.07, 6.45) is 1.29. The maximum Gasteiger partial charge on any atom is 0.433 e. The second-order valence-electron chi connectivity index (χ2n) is 5.41. The van der Waals surface area contributed by atoms with Crippen molar-refractivity contribution in [1.29, 1.82) is 0 Å². The number of hydrogen-bond acceptors (Lipinski definition) is 6. The maximum absolute atomic E-state index is 12.5. The smallest absolute Gasteiger partial charge is 0.395 e. The maximum atomic E-state index is 12.5. The topological polar surface area (TPSA) is 109 Å². The summed E-state index contributed by atoms with van der Waals surface area (Å²) < 4.78 is 4.95.